The van der Waals surface area contributed by atoms with Crippen LogP contribution in [0.2, 0.25) is 0 Å². The van der Waals surface area contributed by atoms with E-state index in [9.17, 15) is 0 Å². The van der Waals surface area contributed by atoms with Crippen LogP contribution in [0.4, 0.5) is 0 Å². The molecule has 0 rings (SSSR count). The molecule has 0 unspecified atom stereocenters. The Morgan fingerprint density at radius 2 is 1.80 bits per heavy atom. The molecule has 5 heteroatoms. The summed E-state index contributed by atoms with van der Waals surface area (Å²) < 4.78 is 9.59. The van der Waals surface area contributed by atoms with Gasteiger partial charge in [0.25, 0.3) is 0 Å². The molecule has 0 aromatic carbocycles. The van der Waals surface area contributed by atoms with Crippen molar-refractivity contribution in [3.8, 4) is 0 Å². The maximum Gasteiger partial charge on any atom is 0.169 e. The summed E-state index contributed by atoms with van der Waals surface area (Å²) in [5.74, 6) is 0. The van der Waals surface area contributed by atoms with Crippen molar-refractivity contribution in [1.29, 1.82) is 0 Å². The van der Waals surface area contributed by atoms with Gasteiger partial charge in [0.2, 0.25) is 0 Å². The normalized spacial score (nSPS) is 9.40. The van der Waals surface area contributed by atoms with Gasteiger partial charge >= 0.3 is 0 Å². The van der Waals surface area contributed by atoms with Gasteiger partial charge in [-0.15, -0.1) is 0 Å². The van der Waals surface area contributed by atoms with Gasteiger partial charge in [-0.2, -0.15) is 0 Å². The Hall–Kier alpha value is -0.390. The van der Waals surface area contributed by atoms with E-state index < -0.39 is 0 Å². The lowest BCUT2D eigenvalue weighted by atomic mass is 10.8. The Bertz CT molecular complexity index is 104. The summed E-state index contributed by atoms with van der Waals surface area (Å²) >= 11 is 4.69. The number of hydrogen-bond acceptors (Lipinski definition) is 3. The molecular formula is C5H12N2O2S. The summed E-state index contributed by atoms with van der Waals surface area (Å²) in [4.78, 5) is 1.59. The van der Waals surface area contributed by atoms with Crippen LogP contribution in [0.5, 0.6) is 0 Å². The molecule has 0 atom stereocenters. The monoisotopic (exact) mass is 164 g/mol. The molecule has 0 radical (unpaired) electrons. The lowest BCUT2D eigenvalue weighted by molar-refractivity contribution is 0.0325. The number of methoxy groups -OCH3 is 2. The molecule has 2 N–H and O–H groups in total. The molecule has 0 fully saturated rings. The average Bonchev–Trinajstić information content (AvgIpc) is 1.87. The minimum absolute atomic E-state index is 0.281. The smallest absolute Gasteiger partial charge is 0.169 e. The van der Waals surface area contributed by atoms with E-state index in [0.29, 0.717) is 13.5 Å². The fourth-order valence-electron chi connectivity index (χ4n) is 0.476. The Morgan fingerprint density at radius 1 is 1.40 bits per heavy atom. The lowest BCUT2D eigenvalue weighted by Crippen LogP contribution is -2.38. The van der Waals surface area contributed by atoms with Crippen molar-refractivity contribution in [3.63, 3.8) is 0 Å². The highest BCUT2D eigenvalue weighted by molar-refractivity contribution is 7.80. The van der Waals surface area contributed by atoms with E-state index in [2.05, 4.69) is 0 Å². The van der Waals surface area contributed by atoms with Gasteiger partial charge in [-0.1, -0.05) is 0 Å². The molecule has 0 bridgehead atoms. The first kappa shape index (κ1) is 9.61. The van der Waals surface area contributed by atoms with Gasteiger partial charge in [-0.25, -0.2) is 0 Å². The van der Waals surface area contributed by atoms with Gasteiger partial charge in [-0.05, 0) is 12.2 Å². The number of rotatable bonds is 4. The molecule has 0 aromatic heterocycles. The summed E-state index contributed by atoms with van der Waals surface area (Å²) in [6, 6.07) is 0. The van der Waals surface area contributed by atoms with Crippen molar-refractivity contribution in [2.24, 2.45) is 5.73 Å². The molecule has 10 heavy (non-hydrogen) atoms. The van der Waals surface area contributed by atoms with Crippen molar-refractivity contribution < 1.29 is 9.47 Å². The Morgan fingerprint density at radius 3 is 2.00 bits per heavy atom. The van der Waals surface area contributed by atoms with E-state index in [4.69, 9.17) is 27.4 Å². The van der Waals surface area contributed by atoms with Crippen molar-refractivity contribution >= 4 is 17.3 Å². The van der Waals surface area contributed by atoms with Crippen LogP contribution < -0.4 is 5.73 Å². The molecule has 60 valence electrons. The van der Waals surface area contributed by atoms with Gasteiger partial charge in [0.05, 0.1) is 0 Å². The molecule has 0 spiro atoms. The van der Waals surface area contributed by atoms with E-state index in [1.807, 2.05) is 0 Å². The molecule has 0 aliphatic rings. The maximum absolute atomic E-state index is 5.31. The van der Waals surface area contributed by atoms with Crippen LogP contribution in [-0.2, 0) is 9.47 Å². The maximum atomic E-state index is 5.31. The second kappa shape index (κ2) is 5.40. The van der Waals surface area contributed by atoms with Gasteiger partial charge in [0, 0.05) is 14.2 Å². The molecular weight excluding hydrogens is 152 g/mol. The van der Waals surface area contributed by atoms with Crippen LogP contribution in [0.3, 0.4) is 0 Å². The molecule has 0 aliphatic carbocycles. The standard InChI is InChI=1S/C5H12N2O2S/c1-8-3-7(4-9-2)5(6)10/h3-4H2,1-2H3,(H2,6,10). The van der Waals surface area contributed by atoms with E-state index in [0.717, 1.165) is 0 Å². The molecule has 0 aliphatic heterocycles. The molecule has 0 amide bonds. The van der Waals surface area contributed by atoms with Crippen LogP contribution in [0.15, 0.2) is 0 Å². The second-order valence-electron chi connectivity index (χ2n) is 1.71. The lowest BCUT2D eigenvalue weighted by Gasteiger charge is -2.19. The van der Waals surface area contributed by atoms with Crippen LogP contribution in [0.25, 0.3) is 0 Å². The zero-order valence-corrected chi connectivity index (χ0v) is 6.98. The first-order chi connectivity index (χ1) is 4.72. The highest BCUT2D eigenvalue weighted by Gasteiger charge is 2.02. The molecule has 0 saturated carbocycles. The highest BCUT2D eigenvalue weighted by atomic mass is 32.1. The summed E-state index contributed by atoms with van der Waals surface area (Å²) in [5, 5.41) is 0.281. The quantitative estimate of drug-likeness (QED) is 0.458. The summed E-state index contributed by atoms with van der Waals surface area (Å²) in [7, 11) is 3.14. The summed E-state index contributed by atoms with van der Waals surface area (Å²) in [6.07, 6.45) is 0. The molecule has 0 heterocycles. The Kier molecular flexibility index (Phi) is 5.19. The minimum Gasteiger partial charge on any atom is -0.376 e. The van der Waals surface area contributed by atoms with Crippen LogP contribution in [0.1, 0.15) is 0 Å². The molecule has 0 saturated heterocycles. The highest BCUT2D eigenvalue weighted by Crippen LogP contribution is 1.87. The van der Waals surface area contributed by atoms with E-state index in [1.54, 1.807) is 19.1 Å². The predicted molar refractivity (Wildman–Crippen MR) is 42.4 cm³/mol. The number of nitrogens with two attached hydrogens (primary N) is 1. The average molecular weight is 164 g/mol. The third-order valence-electron chi connectivity index (χ3n) is 0.882. The Labute approximate surface area is 65.9 Å². The number of nitrogens with zero attached hydrogens (tertiary/aromatic N) is 1. The fraction of sp³-hybridized carbons (Fsp3) is 0.800. The van der Waals surface area contributed by atoms with Crippen LogP contribution in [0, 0.1) is 0 Å². The first-order valence-corrected chi connectivity index (χ1v) is 3.15. The SMILES string of the molecule is COCN(COC)C(N)=S. The predicted octanol–water partition coefficient (Wildman–Crippen LogP) is -0.260. The van der Waals surface area contributed by atoms with Crippen LogP contribution >= 0.6 is 12.2 Å². The van der Waals surface area contributed by atoms with Crippen molar-refractivity contribution in [2.45, 2.75) is 0 Å². The van der Waals surface area contributed by atoms with Crippen molar-refractivity contribution in [3.05, 3.63) is 0 Å². The first-order valence-electron chi connectivity index (χ1n) is 2.74. The Balaban J connectivity index is 3.61. The van der Waals surface area contributed by atoms with Gasteiger partial charge in [0.15, 0.2) is 5.11 Å². The molecule has 0 aromatic rings. The third kappa shape index (κ3) is 3.60. The fourth-order valence-corrected chi connectivity index (χ4v) is 0.582. The summed E-state index contributed by atoms with van der Waals surface area (Å²) in [5.41, 5.74) is 5.31. The van der Waals surface area contributed by atoms with Gasteiger partial charge in [0.1, 0.15) is 13.5 Å². The third-order valence-corrected chi connectivity index (χ3v) is 1.14. The van der Waals surface area contributed by atoms with Gasteiger partial charge in [-0.3, -0.25) is 0 Å². The number of ether oxygens (including phenoxy) is 2. The second-order valence-corrected chi connectivity index (χ2v) is 2.13. The van der Waals surface area contributed by atoms with E-state index in [-0.39, 0.29) is 5.11 Å². The summed E-state index contributed by atoms with van der Waals surface area (Å²) in [6.45, 7) is 0.729. The van der Waals surface area contributed by atoms with E-state index >= 15 is 0 Å². The van der Waals surface area contributed by atoms with Crippen molar-refractivity contribution in [2.75, 3.05) is 27.7 Å². The van der Waals surface area contributed by atoms with Crippen LogP contribution in [-0.4, -0.2) is 37.7 Å². The molecule has 4 nitrogen and oxygen atoms in total. The zero-order chi connectivity index (χ0) is 7.98. The van der Waals surface area contributed by atoms with E-state index in [1.165, 1.54) is 0 Å². The topological polar surface area (TPSA) is 47.7 Å². The number of thiocarbonyl (C=S) groups is 1. The van der Waals surface area contributed by atoms with Gasteiger partial charge < -0.3 is 20.1 Å². The number of hydrogen-bond donors (Lipinski definition) is 1. The largest absolute Gasteiger partial charge is 0.376 e. The zero-order valence-electron chi connectivity index (χ0n) is 6.16. The minimum atomic E-state index is 0.281. The van der Waals surface area contributed by atoms with Crippen molar-refractivity contribution in [1.82, 2.24) is 4.90 Å².